The van der Waals surface area contributed by atoms with Gasteiger partial charge >= 0.3 is 0 Å². The molecule has 3 fully saturated rings. The van der Waals surface area contributed by atoms with Crippen molar-refractivity contribution in [2.45, 2.75) is 75.0 Å². The van der Waals surface area contributed by atoms with E-state index in [1.165, 1.54) is 0 Å². The number of nitrogens with one attached hydrogen (secondary N) is 2. The van der Waals surface area contributed by atoms with E-state index >= 15 is 0 Å². The van der Waals surface area contributed by atoms with Gasteiger partial charge in [-0.25, -0.2) is 22.5 Å². The number of nitrogens with zero attached hydrogens (tertiary/aromatic N) is 1. The molecule has 3 atom stereocenters. The third-order valence-corrected chi connectivity index (χ3v) is 6.96. The Labute approximate surface area is 188 Å². The Morgan fingerprint density at radius 2 is 1.97 bits per heavy atom. The monoisotopic (exact) mass is 468 g/mol. The lowest BCUT2D eigenvalue weighted by atomic mass is 9.79. The molecule has 10 heteroatoms. The summed E-state index contributed by atoms with van der Waals surface area (Å²) >= 11 is 0. The Kier molecular flexibility index (Phi) is 5.63. The number of aromatic nitrogens is 2. The number of hydrogen-bond acceptors (Lipinski definition) is 4. The number of carbonyl (C=O) groups is 1. The van der Waals surface area contributed by atoms with Crippen molar-refractivity contribution in [1.82, 2.24) is 15.3 Å². The van der Waals surface area contributed by atoms with Crippen LogP contribution in [0.4, 0.5) is 17.6 Å². The van der Waals surface area contributed by atoms with Gasteiger partial charge in [0.1, 0.15) is 5.82 Å². The summed E-state index contributed by atoms with van der Waals surface area (Å²) in [4.78, 5) is 20.1. The van der Waals surface area contributed by atoms with Crippen LogP contribution in [0.1, 0.15) is 68.4 Å². The van der Waals surface area contributed by atoms with Gasteiger partial charge < -0.3 is 20.8 Å². The summed E-state index contributed by atoms with van der Waals surface area (Å²) < 4.78 is 59.2. The highest BCUT2D eigenvalue weighted by atomic mass is 19.3. The Morgan fingerprint density at radius 3 is 2.64 bits per heavy atom. The molecule has 1 amide bonds. The Bertz CT molecular complexity index is 1030. The predicted molar refractivity (Wildman–Crippen MR) is 113 cm³/mol. The van der Waals surface area contributed by atoms with E-state index in [4.69, 9.17) is 10.5 Å². The topological polar surface area (TPSA) is 93.0 Å². The average Bonchev–Trinajstić information content (AvgIpc) is 3.47. The largest absolute Gasteiger partial charge is 0.376 e. The Balaban J connectivity index is 1.29. The van der Waals surface area contributed by atoms with E-state index in [9.17, 15) is 22.4 Å². The number of hydrogen-bond donors (Lipinski definition) is 3. The zero-order valence-corrected chi connectivity index (χ0v) is 18.1. The molecule has 180 valence electrons. The van der Waals surface area contributed by atoms with Crippen molar-refractivity contribution >= 4 is 16.9 Å². The number of alkyl halides is 4. The summed E-state index contributed by atoms with van der Waals surface area (Å²) in [5.41, 5.74) is 8.43. The molecule has 2 aromatic rings. The molecule has 1 aromatic carbocycles. The minimum atomic E-state index is -2.80. The number of H-pyrrole nitrogens is 1. The van der Waals surface area contributed by atoms with E-state index in [0.717, 1.165) is 18.4 Å². The van der Waals surface area contributed by atoms with E-state index in [1.54, 1.807) is 0 Å². The SMILES string of the molecule is NC(c1nc2ccc([C@H](NC(=O)CC3CC(F)(F)C3)C3CC3)cc2[nH]1)[C@@H]1CC(F)(F)CCO1. The maximum Gasteiger partial charge on any atom is 0.252 e. The first-order valence-electron chi connectivity index (χ1n) is 11.5. The first kappa shape index (κ1) is 22.6. The first-order chi connectivity index (χ1) is 15.6. The van der Waals surface area contributed by atoms with Crippen LogP contribution in [0, 0.1) is 11.8 Å². The number of fused-ring (bicyclic) bond motifs is 1. The molecule has 4 N–H and O–H groups in total. The summed E-state index contributed by atoms with van der Waals surface area (Å²) in [6, 6.07) is 4.55. The lowest BCUT2D eigenvalue weighted by Crippen LogP contribution is -2.40. The van der Waals surface area contributed by atoms with Gasteiger partial charge in [-0.2, -0.15) is 0 Å². The second kappa shape index (κ2) is 8.23. The molecule has 0 radical (unpaired) electrons. The lowest BCUT2D eigenvalue weighted by molar-refractivity contribution is -0.135. The van der Waals surface area contributed by atoms with Gasteiger partial charge in [-0.3, -0.25) is 4.79 Å². The Hall–Kier alpha value is -2.20. The maximum atomic E-state index is 13.8. The third-order valence-electron chi connectivity index (χ3n) is 6.96. The minimum Gasteiger partial charge on any atom is -0.376 e. The molecule has 1 aromatic heterocycles. The van der Waals surface area contributed by atoms with Crippen LogP contribution in [-0.2, 0) is 9.53 Å². The van der Waals surface area contributed by atoms with Gasteiger partial charge in [0.25, 0.3) is 5.92 Å². The van der Waals surface area contributed by atoms with Crippen molar-refractivity contribution < 1.29 is 27.1 Å². The second-order valence-corrected chi connectivity index (χ2v) is 9.86. The number of benzene rings is 1. The summed E-state index contributed by atoms with van der Waals surface area (Å²) in [7, 11) is 0. The van der Waals surface area contributed by atoms with Crippen LogP contribution in [0.25, 0.3) is 11.0 Å². The molecule has 1 saturated heterocycles. The summed E-state index contributed by atoms with van der Waals surface area (Å²) in [6.45, 7) is -0.0446. The number of nitrogens with two attached hydrogens (primary N) is 1. The van der Waals surface area contributed by atoms with Crippen LogP contribution in [0.3, 0.4) is 0 Å². The van der Waals surface area contributed by atoms with Crippen LogP contribution < -0.4 is 11.1 Å². The lowest BCUT2D eigenvalue weighted by Gasteiger charge is -2.34. The molecule has 0 bridgehead atoms. The highest BCUT2D eigenvalue weighted by molar-refractivity contribution is 5.78. The molecule has 2 saturated carbocycles. The van der Waals surface area contributed by atoms with Gasteiger partial charge in [0.15, 0.2) is 0 Å². The van der Waals surface area contributed by atoms with Crippen molar-refractivity contribution in [3.05, 3.63) is 29.6 Å². The van der Waals surface area contributed by atoms with Crippen molar-refractivity contribution in [2.75, 3.05) is 6.61 Å². The maximum absolute atomic E-state index is 13.8. The predicted octanol–water partition coefficient (Wildman–Crippen LogP) is 4.38. The highest BCUT2D eigenvalue weighted by Crippen LogP contribution is 2.45. The number of carbonyl (C=O) groups excluding carboxylic acids is 1. The molecule has 2 heterocycles. The van der Waals surface area contributed by atoms with Gasteiger partial charge in [0.2, 0.25) is 11.8 Å². The van der Waals surface area contributed by atoms with Crippen molar-refractivity contribution in [3.8, 4) is 0 Å². The number of rotatable bonds is 7. The number of amides is 1. The Morgan fingerprint density at radius 1 is 1.21 bits per heavy atom. The average molecular weight is 468 g/mol. The van der Waals surface area contributed by atoms with Crippen LogP contribution in [0.5, 0.6) is 0 Å². The fourth-order valence-corrected chi connectivity index (χ4v) is 4.95. The number of halogens is 4. The van der Waals surface area contributed by atoms with E-state index in [1.807, 2.05) is 18.2 Å². The number of imidazole rings is 1. The fourth-order valence-electron chi connectivity index (χ4n) is 4.95. The van der Waals surface area contributed by atoms with Crippen molar-refractivity contribution in [2.24, 2.45) is 17.6 Å². The smallest absolute Gasteiger partial charge is 0.252 e. The van der Waals surface area contributed by atoms with Crippen molar-refractivity contribution in [3.63, 3.8) is 0 Å². The molecule has 3 aliphatic rings. The van der Waals surface area contributed by atoms with Crippen LogP contribution >= 0.6 is 0 Å². The standard InChI is InChI=1S/C23H28F4N4O2/c24-22(25)5-6-33-17(11-22)19(28)21-29-15-4-3-14(8-16(15)30-21)20(13-1-2-13)31-18(32)7-12-9-23(26,27)10-12/h3-4,8,12-13,17,19-20H,1-2,5-7,9-11,28H2,(H,29,30)(H,31,32)/t17-,19?,20+/m0/s1. The molecular formula is C23H28F4N4O2. The van der Waals surface area contributed by atoms with E-state index in [2.05, 4.69) is 15.3 Å². The van der Waals surface area contributed by atoms with Gasteiger partial charge in [-0.1, -0.05) is 6.07 Å². The molecule has 6 nitrogen and oxygen atoms in total. The molecule has 2 aliphatic carbocycles. The molecule has 0 spiro atoms. The van der Waals surface area contributed by atoms with Gasteiger partial charge in [0.05, 0.1) is 35.8 Å². The third kappa shape index (κ3) is 5.01. The van der Waals surface area contributed by atoms with Crippen LogP contribution in [0.2, 0.25) is 0 Å². The van der Waals surface area contributed by atoms with E-state index in [0.29, 0.717) is 22.8 Å². The normalized spacial score (nSPS) is 26.5. The van der Waals surface area contributed by atoms with Crippen LogP contribution in [-0.4, -0.2) is 40.4 Å². The fraction of sp³-hybridized carbons (Fsp3) is 0.652. The van der Waals surface area contributed by atoms with E-state index in [-0.39, 0.29) is 50.2 Å². The first-order valence-corrected chi connectivity index (χ1v) is 11.5. The zero-order chi connectivity index (χ0) is 23.4. The van der Waals surface area contributed by atoms with Gasteiger partial charge in [-0.15, -0.1) is 0 Å². The molecule has 1 aliphatic heterocycles. The molecule has 33 heavy (non-hydrogen) atoms. The summed E-state index contributed by atoms with van der Waals surface area (Å²) in [5.74, 6) is -5.24. The minimum absolute atomic E-state index is 0.0446. The summed E-state index contributed by atoms with van der Waals surface area (Å²) in [5, 5.41) is 3.03. The van der Waals surface area contributed by atoms with E-state index < -0.39 is 30.4 Å². The number of ether oxygens (including phenoxy) is 1. The second-order valence-electron chi connectivity index (χ2n) is 9.86. The summed E-state index contributed by atoms with van der Waals surface area (Å²) in [6.07, 6.45) is 0.0361. The molecule has 1 unspecified atom stereocenters. The van der Waals surface area contributed by atoms with Gasteiger partial charge in [-0.05, 0) is 42.4 Å². The van der Waals surface area contributed by atoms with Crippen LogP contribution in [0.15, 0.2) is 18.2 Å². The van der Waals surface area contributed by atoms with Gasteiger partial charge in [0, 0.05) is 32.1 Å². The highest BCUT2D eigenvalue weighted by Gasteiger charge is 2.46. The number of aromatic amines is 1. The molecule has 5 rings (SSSR count). The zero-order valence-electron chi connectivity index (χ0n) is 18.1. The molecular weight excluding hydrogens is 440 g/mol. The quantitative estimate of drug-likeness (QED) is 0.526. The van der Waals surface area contributed by atoms with Crippen molar-refractivity contribution in [1.29, 1.82) is 0 Å².